The Labute approximate surface area is 177 Å². The van der Waals surface area contributed by atoms with E-state index in [-0.39, 0.29) is 5.92 Å². The van der Waals surface area contributed by atoms with Crippen LogP contribution in [0.4, 0.5) is 0 Å². The summed E-state index contributed by atoms with van der Waals surface area (Å²) in [6.07, 6.45) is 8.04. The summed E-state index contributed by atoms with van der Waals surface area (Å²) in [6, 6.07) is 7.90. The van der Waals surface area contributed by atoms with Gasteiger partial charge < -0.3 is 9.42 Å². The molecule has 2 heterocycles. The highest BCUT2D eigenvalue weighted by molar-refractivity contribution is 6.33. The Morgan fingerprint density at radius 2 is 2.00 bits per heavy atom. The molecule has 0 bridgehead atoms. The average molecular weight is 417 g/mol. The third-order valence-corrected chi connectivity index (χ3v) is 6.60. The number of rotatable bonds is 5. The van der Waals surface area contributed by atoms with Gasteiger partial charge in [-0.3, -0.25) is 9.69 Å². The van der Waals surface area contributed by atoms with E-state index in [1.54, 1.807) is 0 Å². The number of benzene rings is 1. The molecule has 1 aliphatic heterocycles. The van der Waals surface area contributed by atoms with Gasteiger partial charge in [0, 0.05) is 25.2 Å². The van der Waals surface area contributed by atoms with E-state index in [1.165, 1.54) is 19.3 Å². The van der Waals surface area contributed by atoms with E-state index < -0.39 is 0 Å². The van der Waals surface area contributed by atoms with Crippen LogP contribution < -0.4 is 0 Å². The Morgan fingerprint density at radius 1 is 1.21 bits per heavy atom. The Bertz CT molecular complexity index is 834. The topological polar surface area (TPSA) is 62.5 Å². The third kappa shape index (κ3) is 4.81. The second-order valence-electron chi connectivity index (χ2n) is 8.31. The molecule has 0 spiro atoms. The first-order chi connectivity index (χ1) is 14.1. The Kier molecular flexibility index (Phi) is 6.50. The largest absolute Gasteiger partial charge is 0.342 e. The Hall–Kier alpha value is -1.92. The third-order valence-electron chi connectivity index (χ3n) is 6.27. The van der Waals surface area contributed by atoms with Crippen LogP contribution in [0.3, 0.4) is 0 Å². The molecule has 1 aromatic carbocycles. The SMILES string of the molecule is CN(C(=O)C1CCCN(Cc2nc(-c3ccccc3Cl)no2)C1)C1CCCCC1. The first kappa shape index (κ1) is 20.4. The summed E-state index contributed by atoms with van der Waals surface area (Å²) in [5.41, 5.74) is 0.768. The number of hydrogen-bond donors (Lipinski definition) is 0. The number of nitrogens with zero attached hydrogens (tertiary/aromatic N) is 4. The second-order valence-corrected chi connectivity index (χ2v) is 8.71. The van der Waals surface area contributed by atoms with Gasteiger partial charge in [-0.1, -0.05) is 48.2 Å². The van der Waals surface area contributed by atoms with Crippen molar-refractivity contribution in [3.63, 3.8) is 0 Å². The smallest absolute Gasteiger partial charge is 0.241 e. The molecule has 1 saturated carbocycles. The first-order valence-electron chi connectivity index (χ1n) is 10.7. The molecule has 29 heavy (non-hydrogen) atoms. The van der Waals surface area contributed by atoms with Gasteiger partial charge in [0.2, 0.25) is 17.6 Å². The van der Waals surface area contributed by atoms with Gasteiger partial charge in [0.1, 0.15) is 0 Å². The summed E-state index contributed by atoms with van der Waals surface area (Å²) in [6.45, 7) is 2.26. The van der Waals surface area contributed by atoms with E-state index >= 15 is 0 Å². The van der Waals surface area contributed by atoms with Crippen molar-refractivity contribution in [3.05, 3.63) is 35.2 Å². The van der Waals surface area contributed by atoms with E-state index in [0.717, 1.165) is 44.3 Å². The Morgan fingerprint density at radius 3 is 2.79 bits per heavy atom. The normalized spacial score (nSPS) is 21.2. The number of halogens is 1. The van der Waals surface area contributed by atoms with E-state index in [9.17, 15) is 4.79 Å². The lowest BCUT2D eigenvalue weighted by atomic mass is 9.91. The lowest BCUT2D eigenvalue weighted by Crippen LogP contribution is -2.47. The molecule has 1 amide bonds. The molecule has 7 heteroatoms. The van der Waals surface area contributed by atoms with Gasteiger partial charge >= 0.3 is 0 Å². The molecule has 1 aromatic heterocycles. The van der Waals surface area contributed by atoms with Crippen LogP contribution in [-0.4, -0.2) is 52.0 Å². The zero-order chi connectivity index (χ0) is 20.2. The molecule has 2 aromatic rings. The first-order valence-corrected chi connectivity index (χ1v) is 11.1. The van der Waals surface area contributed by atoms with Gasteiger partial charge in [-0.05, 0) is 44.4 Å². The molecule has 0 radical (unpaired) electrons. The summed E-state index contributed by atoms with van der Waals surface area (Å²) in [5.74, 6) is 1.42. The van der Waals surface area contributed by atoms with Crippen LogP contribution in [0.25, 0.3) is 11.4 Å². The molecule has 2 fully saturated rings. The van der Waals surface area contributed by atoms with E-state index in [2.05, 4.69) is 15.0 Å². The predicted molar refractivity (Wildman–Crippen MR) is 112 cm³/mol. The molecule has 1 aliphatic carbocycles. The predicted octanol–water partition coefficient (Wildman–Crippen LogP) is 4.39. The molecular formula is C22H29ClN4O2. The highest BCUT2D eigenvalue weighted by atomic mass is 35.5. The van der Waals surface area contributed by atoms with Crippen LogP contribution in [-0.2, 0) is 11.3 Å². The number of aromatic nitrogens is 2. The maximum absolute atomic E-state index is 13.1. The van der Waals surface area contributed by atoms with Crippen molar-refractivity contribution in [1.29, 1.82) is 0 Å². The fraction of sp³-hybridized carbons (Fsp3) is 0.591. The van der Waals surface area contributed by atoms with Crippen LogP contribution >= 0.6 is 11.6 Å². The van der Waals surface area contributed by atoms with Crippen LogP contribution in [0.5, 0.6) is 0 Å². The Balaban J connectivity index is 1.36. The quantitative estimate of drug-likeness (QED) is 0.723. The molecule has 1 unspecified atom stereocenters. The maximum Gasteiger partial charge on any atom is 0.241 e. The summed E-state index contributed by atoms with van der Waals surface area (Å²) in [4.78, 5) is 21.8. The number of carbonyl (C=O) groups is 1. The minimum atomic E-state index is 0.0571. The van der Waals surface area contributed by atoms with E-state index in [0.29, 0.717) is 35.2 Å². The molecule has 6 nitrogen and oxygen atoms in total. The number of likely N-dealkylation sites (tertiary alicyclic amines) is 1. The minimum Gasteiger partial charge on any atom is -0.342 e. The van der Waals surface area contributed by atoms with Crippen LogP contribution in [0, 0.1) is 5.92 Å². The van der Waals surface area contributed by atoms with E-state index in [1.807, 2.05) is 36.2 Å². The van der Waals surface area contributed by atoms with Gasteiger partial charge in [-0.15, -0.1) is 0 Å². The summed E-state index contributed by atoms with van der Waals surface area (Å²) in [5, 5.41) is 4.69. The van der Waals surface area contributed by atoms with Crippen LogP contribution in [0.1, 0.15) is 50.8 Å². The highest BCUT2D eigenvalue weighted by Gasteiger charge is 2.31. The molecule has 1 atom stereocenters. The van der Waals surface area contributed by atoms with Crippen molar-refractivity contribution in [2.45, 2.75) is 57.5 Å². The van der Waals surface area contributed by atoms with Gasteiger partial charge in [0.25, 0.3) is 0 Å². The minimum absolute atomic E-state index is 0.0571. The molecule has 4 rings (SSSR count). The zero-order valence-corrected chi connectivity index (χ0v) is 17.8. The lowest BCUT2D eigenvalue weighted by Gasteiger charge is -2.37. The van der Waals surface area contributed by atoms with Gasteiger partial charge in [-0.2, -0.15) is 4.98 Å². The molecule has 2 aliphatic rings. The van der Waals surface area contributed by atoms with Gasteiger partial charge in [0.15, 0.2) is 0 Å². The van der Waals surface area contributed by atoms with Crippen molar-refractivity contribution >= 4 is 17.5 Å². The van der Waals surface area contributed by atoms with Crippen molar-refractivity contribution in [2.75, 3.05) is 20.1 Å². The van der Waals surface area contributed by atoms with E-state index in [4.69, 9.17) is 16.1 Å². The van der Waals surface area contributed by atoms with Crippen molar-refractivity contribution < 1.29 is 9.32 Å². The molecule has 156 valence electrons. The molecular weight excluding hydrogens is 388 g/mol. The second kappa shape index (κ2) is 9.26. The van der Waals surface area contributed by atoms with Crippen molar-refractivity contribution in [1.82, 2.24) is 19.9 Å². The van der Waals surface area contributed by atoms with Crippen LogP contribution in [0.2, 0.25) is 5.02 Å². The number of amides is 1. The summed E-state index contributed by atoms with van der Waals surface area (Å²) < 4.78 is 5.46. The fourth-order valence-electron chi connectivity index (χ4n) is 4.60. The monoisotopic (exact) mass is 416 g/mol. The number of piperidine rings is 1. The fourth-order valence-corrected chi connectivity index (χ4v) is 4.82. The lowest BCUT2D eigenvalue weighted by molar-refractivity contribution is -0.138. The van der Waals surface area contributed by atoms with Gasteiger partial charge in [0.05, 0.1) is 17.5 Å². The molecule has 0 N–H and O–H groups in total. The standard InChI is InChI=1S/C22H29ClN4O2/c1-26(17-9-3-2-4-10-17)22(28)16-8-7-13-27(14-16)15-20-24-21(25-29-20)18-11-5-6-12-19(18)23/h5-6,11-12,16-17H,2-4,7-10,13-15H2,1H3. The zero-order valence-electron chi connectivity index (χ0n) is 17.0. The average Bonchev–Trinajstić information content (AvgIpc) is 3.22. The number of hydrogen-bond acceptors (Lipinski definition) is 5. The maximum atomic E-state index is 13.1. The molecule has 1 saturated heterocycles. The number of carbonyl (C=O) groups excluding carboxylic acids is 1. The van der Waals surface area contributed by atoms with Crippen LogP contribution in [0.15, 0.2) is 28.8 Å². The van der Waals surface area contributed by atoms with Gasteiger partial charge in [-0.25, -0.2) is 0 Å². The highest BCUT2D eigenvalue weighted by Crippen LogP contribution is 2.27. The van der Waals surface area contributed by atoms with Crippen molar-refractivity contribution in [3.8, 4) is 11.4 Å². The summed E-state index contributed by atoms with van der Waals surface area (Å²) in [7, 11) is 1.99. The van der Waals surface area contributed by atoms with Crippen molar-refractivity contribution in [2.24, 2.45) is 5.92 Å². The summed E-state index contributed by atoms with van der Waals surface area (Å²) >= 11 is 6.23.